The molecule has 0 spiro atoms. The molecule has 2 amide bonds. The van der Waals surface area contributed by atoms with Gasteiger partial charge in [0.15, 0.2) is 0 Å². The Morgan fingerprint density at radius 3 is 2.69 bits per heavy atom. The van der Waals surface area contributed by atoms with Gasteiger partial charge in [0, 0.05) is 28.5 Å². The van der Waals surface area contributed by atoms with Crippen LogP contribution >= 0.6 is 0 Å². The molecule has 2 unspecified atom stereocenters. The van der Waals surface area contributed by atoms with E-state index in [1.807, 2.05) is 42.5 Å². The van der Waals surface area contributed by atoms with Crippen LogP contribution in [0.15, 0.2) is 67.0 Å². The van der Waals surface area contributed by atoms with Gasteiger partial charge in [-0.05, 0) is 23.8 Å². The summed E-state index contributed by atoms with van der Waals surface area (Å²) in [5.41, 5.74) is 2.32. The molecule has 3 rings (SSSR count). The normalized spacial score (nSPS) is 13.0. The zero-order valence-electron chi connectivity index (χ0n) is 14.2. The number of carbonyl (C=O) groups is 1. The number of aromatic nitrogens is 3. The van der Waals surface area contributed by atoms with Crippen LogP contribution in [-0.4, -0.2) is 37.2 Å². The molecule has 26 heavy (non-hydrogen) atoms. The van der Waals surface area contributed by atoms with Crippen molar-refractivity contribution in [2.45, 2.75) is 6.04 Å². The van der Waals surface area contributed by atoms with Gasteiger partial charge < -0.3 is 10.6 Å². The fraction of sp³-hybridized carbons (Fsp3) is 0.167. The minimum Gasteiger partial charge on any atom is -0.330 e. The van der Waals surface area contributed by atoms with Crippen LogP contribution in [0.5, 0.6) is 0 Å². The molecule has 1 aromatic heterocycles. The highest BCUT2D eigenvalue weighted by atomic mass is 32.2. The molecule has 0 bridgehead atoms. The molecule has 1 heterocycles. The van der Waals surface area contributed by atoms with E-state index in [1.165, 1.54) is 0 Å². The first-order valence-electron chi connectivity index (χ1n) is 8.01. The van der Waals surface area contributed by atoms with E-state index in [9.17, 15) is 9.00 Å². The summed E-state index contributed by atoms with van der Waals surface area (Å²) >= 11 is 0. The van der Waals surface area contributed by atoms with Gasteiger partial charge in [0.05, 0.1) is 24.1 Å². The third-order valence-electron chi connectivity index (χ3n) is 3.70. The average molecular weight is 369 g/mol. The van der Waals surface area contributed by atoms with E-state index in [0.29, 0.717) is 11.4 Å². The van der Waals surface area contributed by atoms with Crippen LogP contribution < -0.4 is 10.6 Å². The number of benzene rings is 2. The first kappa shape index (κ1) is 17.8. The average Bonchev–Trinajstić information content (AvgIpc) is 3.16. The van der Waals surface area contributed by atoms with Crippen molar-refractivity contribution < 1.29 is 9.00 Å². The summed E-state index contributed by atoms with van der Waals surface area (Å²) in [5.74, 6) is 0.344. The Morgan fingerprint density at radius 2 is 2.00 bits per heavy atom. The zero-order chi connectivity index (χ0) is 18.4. The number of carbonyl (C=O) groups excluding carboxylic acids is 1. The highest BCUT2D eigenvalue weighted by Crippen LogP contribution is 2.16. The molecule has 2 atom stereocenters. The molecular formula is C18H19N5O2S. The van der Waals surface area contributed by atoms with Crippen molar-refractivity contribution in [2.24, 2.45) is 0 Å². The number of nitrogens with one attached hydrogen (secondary N) is 2. The second-order valence-corrected chi connectivity index (χ2v) is 7.18. The van der Waals surface area contributed by atoms with Crippen molar-refractivity contribution in [2.75, 3.05) is 17.3 Å². The van der Waals surface area contributed by atoms with Crippen molar-refractivity contribution in [1.29, 1.82) is 0 Å². The number of hydrogen-bond acceptors (Lipinski definition) is 4. The Balaban J connectivity index is 1.70. The lowest BCUT2D eigenvalue weighted by Gasteiger charge is -2.18. The summed E-state index contributed by atoms with van der Waals surface area (Å²) in [5, 5.41) is 13.4. The van der Waals surface area contributed by atoms with Gasteiger partial charge in [-0.1, -0.05) is 41.6 Å². The van der Waals surface area contributed by atoms with Crippen LogP contribution in [0, 0.1) is 0 Å². The fourth-order valence-electron chi connectivity index (χ4n) is 2.54. The number of amides is 2. The van der Waals surface area contributed by atoms with E-state index < -0.39 is 10.8 Å². The number of anilines is 1. The van der Waals surface area contributed by atoms with Crippen LogP contribution in [0.3, 0.4) is 0 Å². The van der Waals surface area contributed by atoms with Gasteiger partial charge in [-0.3, -0.25) is 4.21 Å². The predicted octanol–water partition coefficient (Wildman–Crippen LogP) is 2.51. The minimum absolute atomic E-state index is 0.333. The second kappa shape index (κ2) is 8.39. The van der Waals surface area contributed by atoms with Gasteiger partial charge in [-0.2, -0.15) is 0 Å². The molecule has 7 nitrogen and oxygen atoms in total. The summed E-state index contributed by atoms with van der Waals surface area (Å²) in [4.78, 5) is 12.4. The van der Waals surface area contributed by atoms with Gasteiger partial charge in [0.25, 0.3) is 0 Å². The first-order valence-corrected chi connectivity index (χ1v) is 9.74. The second-order valence-electron chi connectivity index (χ2n) is 5.70. The van der Waals surface area contributed by atoms with Crippen LogP contribution in [0.25, 0.3) is 5.69 Å². The van der Waals surface area contributed by atoms with E-state index in [4.69, 9.17) is 0 Å². The fourth-order valence-corrected chi connectivity index (χ4v) is 3.28. The molecule has 0 aliphatic rings. The van der Waals surface area contributed by atoms with Crippen molar-refractivity contribution in [1.82, 2.24) is 20.3 Å². The van der Waals surface area contributed by atoms with Gasteiger partial charge in [0.1, 0.15) is 0 Å². The highest BCUT2D eigenvalue weighted by Gasteiger charge is 2.16. The maximum atomic E-state index is 12.4. The molecule has 2 aromatic carbocycles. The van der Waals surface area contributed by atoms with Crippen LogP contribution in [0.4, 0.5) is 10.5 Å². The molecular weight excluding hydrogens is 350 g/mol. The van der Waals surface area contributed by atoms with E-state index >= 15 is 0 Å². The third-order valence-corrected chi connectivity index (χ3v) is 4.50. The molecule has 0 aliphatic heterocycles. The molecule has 8 heteroatoms. The largest absolute Gasteiger partial charge is 0.330 e. The van der Waals surface area contributed by atoms with Crippen molar-refractivity contribution in [3.63, 3.8) is 0 Å². The molecule has 0 aliphatic carbocycles. The number of nitrogens with zero attached hydrogens (tertiary/aromatic N) is 3. The lowest BCUT2D eigenvalue weighted by atomic mass is 10.1. The third kappa shape index (κ3) is 4.76. The molecule has 3 aromatic rings. The minimum atomic E-state index is -1.04. The van der Waals surface area contributed by atoms with Gasteiger partial charge in [-0.25, -0.2) is 9.48 Å². The summed E-state index contributed by atoms with van der Waals surface area (Å²) in [6, 6.07) is 16.1. The lowest BCUT2D eigenvalue weighted by molar-refractivity contribution is 0.249. The molecule has 0 radical (unpaired) electrons. The van der Waals surface area contributed by atoms with E-state index in [0.717, 1.165) is 11.3 Å². The summed E-state index contributed by atoms with van der Waals surface area (Å²) in [6.07, 6.45) is 4.93. The quantitative estimate of drug-likeness (QED) is 0.699. The van der Waals surface area contributed by atoms with Crippen molar-refractivity contribution in [3.8, 4) is 5.69 Å². The lowest BCUT2D eigenvalue weighted by Crippen LogP contribution is -2.35. The highest BCUT2D eigenvalue weighted by molar-refractivity contribution is 7.84. The van der Waals surface area contributed by atoms with Crippen LogP contribution in [-0.2, 0) is 10.8 Å². The Kier molecular flexibility index (Phi) is 5.75. The van der Waals surface area contributed by atoms with Crippen molar-refractivity contribution >= 4 is 22.5 Å². The predicted molar refractivity (Wildman–Crippen MR) is 102 cm³/mol. The van der Waals surface area contributed by atoms with Crippen molar-refractivity contribution in [3.05, 3.63) is 72.6 Å². The Labute approximate surface area is 153 Å². The number of urea groups is 1. The maximum absolute atomic E-state index is 12.4. The monoisotopic (exact) mass is 369 g/mol. The first-order chi connectivity index (χ1) is 12.6. The SMILES string of the molecule is CS(=O)CC(NC(=O)Nc1cccc(-n2ccnn2)c1)c1ccccc1. The standard InChI is InChI=1S/C18H19N5O2S/c1-26(25)13-17(14-6-3-2-4-7-14)21-18(24)20-15-8-5-9-16(12-15)23-11-10-19-22-23/h2-12,17H,13H2,1H3,(H2,20,21,24). The summed E-state index contributed by atoms with van der Waals surface area (Å²) < 4.78 is 13.3. The van der Waals surface area contributed by atoms with Gasteiger partial charge >= 0.3 is 6.03 Å². The molecule has 134 valence electrons. The summed E-state index contributed by atoms with van der Waals surface area (Å²) in [6.45, 7) is 0. The summed E-state index contributed by atoms with van der Waals surface area (Å²) in [7, 11) is -1.04. The van der Waals surface area contributed by atoms with Crippen LogP contribution in [0.1, 0.15) is 11.6 Å². The number of rotatable bonds is 6. The Morgan fingerprint density at radius 1 is 1.19 bits per heavy atom. The van der Waals surface area contributed by atoms with E-state index in [1.54, 1.807) is 35.5 Å². The molecule has 0 saturated carbocycles. The topological polar surface area (TPSA) is 88.9 Å². The molecule has 0 fully saturated rings. The molecule has 2 N–H and O–H groups in total. The van der Waals surface area contributed by atoms with E-state index in [2.05, 4.69) is 20.9 Å². The molecule has 0 saturated heterocycles. The van der Waals surface area contributed by atoms with Crippen LogP contribution in [0.2, 0.25) is 0 Å². The smallest absolute Gasteiger partial charge is 0.319 e. The van der Waals surface area contributed by atoms with Gasteiger partial charge in [0.2, 0.25) is 0 Å². The van der Waals surface area contributed by atoms with E-state index in [-0.39, 0.29) is 12.1 Å². The Bertz CT molecular complexity index is 884. The van der Waals surface area contributed by atoms with Gasteiger partial charge in [-0.15, -0.1) is 5.10 Å². The zero-order valence-corrected chi connectivity index (χ0v) is 15.0. The number of hydrogen-bond donors (Lipinski definition) is 2. The maximum Gasteiger partial charge on any atom is 0.319 e. The Hall–Kier alpha value is -3.00.